The number of ketones is 1. The van der Waals surface area contributed by atoms with Crippen molar-refractivity contribution in [2.45, 2.75) is 12.8 Å². The fraction of sp³-hybridized carbons (Fsp3) is 0.125. The number of fused-ring (bicyclic) bond motifs is 3. The van der Waals surface area contributed by atoms with Crippen molar-refractivity contribution in [3.63, 3.8) is 0 Å². The summed E-state index contributed by atoms with van der Waals surface area (Å²) in [5.41, 5.74) is 3.58. The Morgan fingerprint density at radius 3 is 2.04 bits per heavy atom. The van der Waals surface area contributed by atoms with Crippen LogP contribution in [0, 0.1) is 11.6 Å². The Hall–Kier alpha value is -4.62. The van der Waals surface area contributed by atoms with Crippen LogP contribution in [-0.4, -0.2) is 49.6 Å². The van der Waals surface area contributed by atoms with Crippen LogP contribution in [0.15, 0.2) is 88.1 Å². The second kappa shape index (κ2) is 12.8. The molecule has 7 rings (SSSR count). The van der Waals surface area contributed by atoms with Crippen molar-refractivity contribution in [3.05, 3.63) is 105 Å². The van der Waals surface area contributed by atoms with E-state index in [2.05, 4.69) is 42.1 Å². The first-order chi connectivity index (χ1) is 21.7. The molecule has 0 unspecified atom stereocenters. The molecular formula is C32H22Br2F2N4O5. The van der Waals surface area contributed by atoms with E-state index in [9.17, 15) is 18.4 Å². The highest BCUT2D eigenvalue weighted by molar-refractivity contribution is 9.11. The summed E-state index contributed by atoms with van der Waals surface area (Å²) in [5, 5.41) is 19.1. The van der Waals surface area contributed by atoms with Crippen molar-refractivity contribution in [3.8, 4) is 22.9 Å². The first-order valence-corrected chi connectivity index (χ1v) is 15.2. The molecule has 228 valence electrons. The minimum absolute atomic E-state index is 0.0679. The minimum Gasteiger partial charge on any atom is -0.492 e. The molecule has 1 aliphatic heterocycles. The first-order valence-electron chi connectivity index (χ1n) is 13.6. The Labute approximate surface area is 271 Å². The van der Waals surface area contributed by atoms with Crippen molar-refractivity contribution >= 4 is 65.4 Å². The van der Waals surface area contributed by atoms with E-state index in [1.165, 1.54) is 24.3 Å². The molecule has 6 aromatic rings. The molecule has 0 atom stereocenters. The number of nitrogens with zero attached hydrogens (tertiary/aromatic N) is 4. The highest BCUT2D eigenvalue weighted by atomic mass is 79.9. The lowest BCUT2D eigenvalue weighted by atomic mass is 10.0. The third-order valence-corrected chi connectivity index (χ3v) is 8.48. The Morgan fingerprint density at radius 1 is 0.867 bits per heavy atom. The van der Waals surface area contributed by atoms with E-state index in [0.29, 0.717) is 44.7 Å². The number of aromatic nitrogens is 4. The van der Waals surface area contributed by atoms with Gasteiger partial charge in [-0.2, -0.15) is 10.2 Å². The largest absolute Gasteiger partial charge is 0.492 e. The smallest absolute Gasteiger partial charge is 0.306 e. The Morgan fingerprint density at radius 2 is 1.44 bits per heavy atom. The number of aliphatic carboxylic acids is 1. The van der Waals surface area contributed by atoms with Crippen molar-refractivity contribution in [2.24, 2.45) is 0 Å². The van der Waals surface area contributed by atoms with Crippen LogP contribution in [0.4, 0.5) is 8.78 Å². The number of hydrogen-bond donors (Lipinski definition) is 1. The number of hydrogen-bond acceptors (Lipinski definition) is 6. The number of carbonyl (C=O) groups is 2. The van der Waals surface area contributed by atoms with Crippen LogP contribution in [0.25, 0.3) is 33.2 Å². The molecule has 45 heavy (non-hydrogen) atoms. The van der Waals surface area contributed by atoms with Gasteiger partial charge >= 0.3 is 5.97 Å². The third-order valence-electron chi connectivity index (χ3n) is 6.98. The number of halogens is 4. The molecule has 9 nitrogen and oxygen atoms in total. The van der Waals surface area contributed by atoms with E-state index >= 15 is 0 Å². The fourth-order valence-corrected chi connectivity index (χ4v) is 6.20. The predicted octanol–water partition coefficient (Wildman–Crippen LogP) is 7.67. The van der Waals surface area contributed by atoms with Crippen LogP contribution in [0.3, 0.4) is 0 Å². The maximum Gasteiger partial charge on any atom is 0.306 e. The lowest BCUT2D eigenvalue weighted by molar-refractivity contribution is -0.137. The molecule has 0 radical (unpaired) electrons. The molecule has 0 fully saturated rings. The zero-order valence-corrected chi connectivity index (χ0v) is 26.4. The van der Waals surface area contributed by atoms with Gasteiger partial charge in [0.1, 0.15) is 23.1 Å². The van der Waals surface area contributed by atoms with Gasteiger partial charge in [0, 0.05) is 17.2 Å². The molecule has 4 aromatic carbocycles. The first kappa shape index (κ1) is 30.4. The summed E-state index contributed by atoms with van der Waals surface area (Å²) in [7, 11) is 0. The highest BCUT2D eigenvalue weighted by Gasteiger charge is 2.25. The van der Waals surface area contributed by atoms with E-state index < -0.39 is 5.97 Å². The predicted molar refractivity (Wildman–Crippen MR) is 170 cm³/mol. The van der Waals surface area contributed by atoms with Gasteiger partial charge in [0.2, 0.25) is 0 Å². The number of carbonyl (C=O) groups excluding carboxylic acids is 1. The zero-order valence-electron chi connectivity index (χ0n) is 23.2. The average molecular weight is 740 g/mol. The van der Waals surface area contributed by atoms with Crippen LogP contribution in [-0.2, 0) is 4.79 Å². The van der Waals surface area contributed by atoms with E-state index in [-0.39, 0.29) is 30.4 Å². The van der Waals surface area contributed by atoms with Crippen molar-refractivity contribution < 1.29 is 33.0 Å². The molecular weight excluding hydrogens is 718 g/mol. The molecule has 1 N–H and O–H groups in total. The normalized spacial score (nSPS) is 12.4. The fourth-order valence-electron chi connectivity index (χ4n) is 4.84. The van der Waals surface area contributed by atoms with Gasteiger partial charge in [-0.1, -0.05) is 0 Å². The summed E-state index contributed by atoms with van der Waals surface area (Å²) in [6.07, 6.45) is 3.69. The summed E-state index contributed by atoms with van der Waals surface area (Å²) < 4.78 is 42.1. The number of carboxylic acid groups (broad SMARTS) is 1. The molecule has 0 aliphatic carbocycles. The standard InChI is InChI=1S/C16H12BrFN2O3.C16H10BrFN2O2/c17-15-13(23-8-7-14(21)22)6-1-10-9-19-20(16(10)15)12-4-2-11(18)3-5-12;17-14-15-9(7-12-13(21)5-6-22-16(12)14)8-19-20(15)11-3-1-10(18)2-4-11/h1-6,9H,7-8H2,(H,21,22);1-4,7-8H,5-6H2. The van der Waals surface area contributed by atoms with Crippen LogP contribution in [0.1, 0.15) is 23.2 Å². The van der Waals surface area contributed by atoms with E-state index in [0.717, 1.165) is 27.5 Å². The second-order valence-electron chi connectivity index (χ2n) is 9.90. The average Bonchev–Trinajstić information content (AvgIpc) is 3.66. The number of benzene rings is 4. The van der Waals surface area contributed by atoms with Gasteiger partial charge in [-0.25, -0.2) is 18.1 Å². The molecule has 3 heterocycles. The molecule has 0 bridgehead atoms. The van der Waals surface area contributed by atoms with Crippen molar-refractivity contribution in [1.82, 2.24) is 19.6 Å². The molecule has 0 saturated heterocycles. The van der Waals surface area contributed by atoms with E-state index in [1.807, 2.05) is 6.07 Å². The Kier molecular flexibility index (Phi) is 8.63. The van der Waals surface area contributed by atoms with Gasteiger partial charge < -0.3 is 14.6 Å². The molecule has 1 aliphatic rings. The number of rotatable bonds is 6. The summed E-state index contributed by atoms with van der Waals surface area (Å²) in [6.45, 7) is 0.449. The maximum absolute atomic E-state index is 13.1. The van der Waals surface area contributed by atoms with E-state index in [4.69, 9.17) is 14.6 Å². The Bertz CT molecular complexity index is 2060. The van der Waals surface area contributed by atoms with Gasteiger partial charge in [-0.3, -0.25) is 9.59 Å². The summed E-state index contributed by atoms with van der Waals surface area (Å²) in [4.78, 5) is 22.6. The molecule has 0 spiro atoms. The van der Waals surface area contributed by atoms with Gasteiger partial charge in [-0.05, 0) is 98.6 Å². The van der Waals surface area contributed by atoms with Crippen LogP contribution < -0.4 is 9.47 Å². The lowest BCUT2D eigenvalue weighted by Gasteiger charge is -2.18. The van der Waals surface area contributed by atoms with Gasteiger partial charge in [0.25, 0.3) is 0 Å². The molecule has 0 saturated carbocycles. The lowest BCUT2D eigenvalue weighted by Crippen LogP contribution is -2.15. The summed E-state index contributed by atoms with van der Waals surface area (Å²) >= 11 is 7.01. The van der Waals surface area contributed by atoms with Crippen molar-refractivity contribution in [1.29, 1.82) is 0 Å². The second-order valence-corrected chi connectivity index (χ2v) is 11.5. The maximum atomic E-state index is 13.1. The van der Waals surface area contributed by atoms with Gasteiger partial charge in [0.05, 0.1) is 68.9 Å². The molecule has 13 heteroatoms. The highest BCUT2D eigenvalue weighted by Crippen LogP contribution is 2.40. The minimum atomic E-state index is -0.918. The quantitative estimate of drug-likeness (QED) is 0.187. The summed E-state index contributed by atoms with van der Waals surface area (Å²) in [5.74, 6) is -0.389. The Balaban J connectivity index is 0.000000159. The third kappa shape index (κ3) is 6.18. The number of ether oxygens (including phenoxy) is 2. The summed E-state index contributed by atoms with van der Waals surface area (Å²) in [6, 6.07) is 17.5. The molecule has 0 amide bonds. The number of Topliss-reactive ketones (excluding diaryl/α,β-unsaturated/α-hetero) is 1. The topological polar surface area (TPSA) is 108 Å². The number of carboxylic acids is 1. The van der Waals surface area contributed by atoms with E-state index in [1.54, 1.807) is 58.2 Å². The van der Waals surface area contributed by atoms with Gasteiger partial charge in [0.15, 0.2) is 5.78 Å². The monoisotopic (exact) mass is 738 g/mol. The van der Waals surface area contributed by atoms with Crippen LogP contribution in [0.2, 0.25) is 0 Å². The van der Waals surface area contributed by atoms with Crippen LogP contribution >= 0.6 is 31.9 Å². The SMILES string of the molecule is O=C(O)CCOc1ccc2cnn(-c3ccc(F)cc3)c2c1Br.O=C1CCOc2c1cc1cnn(-c3ccc(F)cc3)c1c2Br. The zero-order chi connectivity index (χ0) is 31.7. The molecule has 2 aromatic heterocycles. The van der Waals surface area contributed by atoms with Crippen molar-refractivity contribution in [2.75, 3.05) is 13.2 Å². The van der Waals surface area contributed by atoms with Crippen LogP contribution in [0.5, 0.6) is 11.5 Å². The van der Waals surface area contributed by atoms with Gasteiger partial charge in [-0.15, -0.1) is 0 Å².